The van der Waals surface area contributed by atoms with Crippen LogP contribution in [0, 0.1) is 5.92 Å². The van der Waals surface area contributed by atoms with Gasteiger partial charge in [-0.3, -0.25) is 4.79 Å². The summed E-state index contributed by atoms with van der Waals surface area (Å²) in [4.78, 5) is 12.3. The number of carbonyl (C=O) groups is 1. The smallest absolute Gasteiger partial charge is 0.223 e. The van der Waals surface area contributed by atoms with Gasteiger partial charge in [-0.2, -0.15) is 0 Å². The van der Waals surface area contributed by atoms with Crippen LogP contribution in [0.3, 0.4) is 0 Å². The number of rotatable bonds is 6. The van der Waals surface area contributed by atoms with Crippen molar-refractivity contribution in [3.05, 3.63) is 24.3 Å². The Kier molecular flexibility index (Phi) is 7.99. The highest BCUT2D eigenvalue weighted by molar-refractivity contribution is 7.90. The fourth-order valence-corrected chi connectivity index (χ4v) is 3.37. The van der Waals surface area contributed by atoms with Gasteiger partial charge in [0.25, 0.3) is 0 Å². The SMILES string of the molecule is CS(=O)(=O)c1ccc(OCCNC(=O)C2CCCC(N)C2)cc1.Cl. The van der Waals surface area contributed by atoms with Crippen LogP contribution in [0.25, 0.3) is 0 Å². The van der Waals surface area contributed by atoms with Crippen LogP contribution in [0.15, 0.2) is 29.2 Å². The van der Waals surface area contributed by atoms with E-state index in [4.69, 9.17) is 10.5 Å². The van der Waals surface area contributed by atoms with Gasteiger partial charge in [0.15, 0.2) is 9.84 Å². The lowest BCUT2D eigenvalue weighted by Crippen LogP contribution is -2.39. The largest absolute Gasteiger partial charge is 0.492 e. The summed E-state index contributed by atoms with van der Waals surface area (Å²) >= 11 is 0. The summed E-state index contributed by atoms with van der Waals surface area (Å²) in [6, 6.07) is 6.36. The lowest BCUT2D eigenvalue weighted by Gasteiger charge is -2.25. The zero-order valence-electron chi connectivity index (χ0n) is 13.7. The highest BCUT2D eigenvalue weighted by Crippen LogP contribution is 2.23. The first kappa shape index (κ1) is 20.7. The molecule has 0 heterocycles. The standard InChI is InChI=1S/C16H24N2O4S.ClH/c1-23(20,21)15-7-5-14(6-8-15)22-10-9-18-16(19)12-3-2-4-13(17)11-12;/h5-8,12-13H,2-4,9-11,17H2,1H3,(H,18,19);1H. The Bertz CT molecular complexity index is 634. The lowest BCUT2D eigenvalue weighted by molar-refractivity contribution is -0.126. The van der Waals surface area contributed by atoms with E-state index in [1.54, 1.807) is 12.1 Å². The number of hydrogen-bond donors (Lipinski definition) is 2. The predicted molar refractivity (Wildman–Crippen MR) is 95.2 cm³/mol. The molecule has 24 heavy (non-hydrogen) atoms. The Morgan fingerprint density at radius 3 is 2.54 bits per heavy atom. The molecule has 1 aromatic rings. The minimum atomic E-state index is -3.20. The van der Waals surface area contributed by atoms with E-state index in [2.05, 4.69) is 5.32 Å². The average molecular weight is 377 g/mol. The molecule has 1 aromatic carbocycles. The van der Waals surface area contributed by atoms with Gasteiger partial charge in [-0.25, -0.2) is 8.42 Å². The van der Waals surface area contributed by atoms with Gasteiger partial charge in [-0.05, 0) is 43.5 Å². The van der Waals surface area contributed by atoms with Crippen LogP contribution in [0.5, 0.6) is 5.75 Å². The van der Waals surface area contributed by atoms with Crippen LogP contribution in [-0.2, 0) is 14.6 Å². The van der Waals surface area contributed by atoms with Crippen molar-refractivity contribution in [2.75, 3.05) is 19.4 Å². The molecule has 0 saturated heterocycles. The molecule has 2 rings (SSSR count). The highest BCUT2D eigenvalue weighted by Gasteiger charge is 2.24. The van der Waals surface area contributed by atoms with Crippen molar-refractivity contribution in [1.29, 1.82) is 0 Å². The summed E-state index contributed by atoms with van der Waals surface area (Å²) in [7, 11) is -3.20. The Morgan fingerprint density at radius 2 is 1.96 bits per heavy atom. The second-order valence-electron chi connectivity index (χ2n) is 6.01. The maximum Gasteiger partial charge on any atom is 0.223 e. The molecule has 1 saturated carbocycles. The van der Waals surface area contributed by atoms with Crippen molar-refractivity contribution in [2.45, 2.75) is 36.6 Å². The molecule has 1 aliphatic rings. The molecule has 0 bridgehead atoms. The third-order valence-electron chi connectivity index (χ3n) is 4.01. The summed E-state index contributed by atoms with van der Waals surface area (Å²) in [5.41, 5.74) is 5.89. The van der Waals surface area contributed by atoms with Crippen LogP contribution < -0.4 is 15.8 Å². The third-order valence-corrected chi connectivity index (χ3v) is 5.14. The summed E-state index contributed by atoms with van der Waals surface area (Å²) < 4.78 is 28.2. The van der Waals surface area contributed by atoms with Gasteiger partial charge in [0.1, 0.15) is 12.4 Å². The summed E-state index contributed by atoms with van der Waals surface area (Å²) in [5, 5.41) is 2.86. The lowest BCUT2D eigenvalue weighted by atomic mass is 9.85. The molecule has 2 atom stereocenters. The average Bonchev–Trinajstić information content (AvgIpc) is 2.51. The molecule has 8 heteroatoms. The number of hydrogen-bond acceptors (Lipinski definition) is 5. The third kappa shape index (κ3) is 6.30. The number of carbonyl (C=O) groups excluding carboxylic acids is 1. The van der Waals surface area contributed by atoms with Crippen molar-refractivity contribution in [3.63, 3.8) is 0 Å². The molecule has 0 radical (unpaired) electrons. The molecule has 2 unspecified atom stereocenters. The Labute approximate surface area is 149 Å². The van der Waals surface area contributed by atoms with Gasteiger partial charge < -0.3 is 15.8 Å². The van der Waals surface area contributed by atoms with Crippen LogP contribution in [0.1, 0.15) is 25.7 Å². The van der Waals surface area contributed by atoms with E-state index in [-0.39, 0.29) is 35.2 Å². The highest BCUT2D eigenvalue weighted by atomic mass is 35.5. The second-order valence-corrected chi connectivity index (χ2v) is 8.02. The number of benzene rings is 1. The maximum absolute atomic E-state index is 12.0. The zero-order valence-corrected chi connectivity index (χ0v) is 15.4. The Morgan fingerprint density at radius 1 is 1.29 bits per heavy atom. The molecular weight excluding hydrogens is 352 g/mol. The maximum atomic E-state index is 12.0. The molecule has 1 aliphatic carbocycles. The summed E-state index contributed by atoms with van der Waals surface area (Å²) in [5.74, 6) is 0.621. The van der Waals surface area contributed by atoms with Crippen LogP contribution in [-0.4, -0.2) is 39.8 Å². The molecule has 0 aliphatic heterocycles. The number of amides is 1. The monoisotopic (exact) mass is 376 g/mol. The number of nitrogens with two attached hydrogens (primary N) is 1. The summed E-state index contributed by atoms with van der Waals surface area (Å²) in [6.07, 6.45) is 4.81. The van der Waals surface area contributed by atoms with Crippen LogP contribution in [0.2, 0.25) is 0 Å². The number of ether oxygens (including phenoxy) is 1. The minimum absolute atomic E-state index is 0. The van der Waals surface area contributed by atoms with Gasteiger partial charge in [0, 0.05) is 18.2 Å². The van der Waals surface area contributed by atoms with Crippen molar-refractivity contribution < 1.29 is 17.9 Å². The van der Waals surface area contributed by atoms with E-state index in [0.29, 0.717) is 18.9 Å². The minimum Gasteiger partial charge on any atom is -0.492 e. The second kappa shape index (κ2) is 9.25. The quantitative estimate of drug-likeness (QED) is 0.733. The first-order chi connectivity index (χ1) is 10.9. The Balaban J connectivity index is 0.00000288. The van der Waals surface area contributed by atoms with E-state index in [9.17, 15) is 13.2 Å². The van der Waals surface area contributed by atoms with Crippen molar-refractivity contribution in [3.8, 4) is 5.75 Å². The van der Waals surface area contributed by atoms with E-state index in [1.807, 2.05) is 0 Å². The summed E-state index contributed by atoms with van der Waals surface area (Å²) in [6.45, 7) is 0.751. The molecular formula is C16H25ClN2O4S. The van der Waals surface area contributed by atoms with Gasteiger partial charge in [0.05, 0.1) is 11.4 Å². The van der Waals surface area contributed by atoms with Gasteiger partial charge >= 0.3 is 0 Å². The number of nitrogens with one attached hydrogen (secondary N) is 1. The fourth-order valence-electron chi connectivity index (χ4n) is 2.74. The predicted octanol–water partition coefficient (Wildman–Crippen LogP) is 1.52. The van der Waals surface area contributed by atoms with E-state index < -0.39 is 9.84 Å². The van der Waals surface area contributed by atoms with Crippen LogP contribution >= 0.6 is 12.4 Å². The molecule has 1 fully saturated rings. The number of halogens is 1. The van der Waals surface area contributed by atoms with Gasteiger partial charge in [-0.15, -0.1) is 12.4 Å². The zero-order chi connectivity index (χ0) is 16.9. The van der Waals surface area contributed by atoms with Crippen LogP contribution in [0.4, 0.5) is 0 Å². The fraction of sp³-hybridized carbons (Fsp3) is 0.562. The molecule has 0 aromatic heterocycles. The van der Waals surface area contributed by atoms with Crippen molar-refractivity contribution >= 4 is 28.2 Å². The van der Waals surface area contributed by atoms with Gasteiger partial charge in [-0.1, -0.05) is 6.42 Å². The first-order valence-electron chi connectivity index (χ1n) is 7.82. The molecule has 3 N–H and O–H groups in total. The normalized spacial score (nSPS) is 20.8. The van der Waals surface area contributed by atoms with E-state index in [1.165, 1.54) is 12.1 Å². The molecule has 136 valence electrons. The van der Waals surface area contributed by atoms with Crippen molar-refractivity contribution in [2.24, 2.45) is 11.7 Å². The number of sulfone groups is 1. The topological polar surface area (TPSA) is 98.5 Å². The first-order valence-corrected chi connectivity index (χ1v) is 9.71. The molecule has 0 spiro atoms. The molecule has 6 nitrogen and oxygen atoms in total. The van der Waals surface area contributed by atoms with Gasteiger partial charge in [0.2, 0.25) is 5.91 Å². The molecule has 1 amide bonds. The van der Waals surface area contributed by atoms with E-state index >= 15 is 0 Å². The van der Waals surface area contributed by atoms with E-state index in [0.717, 1.165) is 31.9 Å². The van der Waals surface area contributed by atoms with Crippen molar-refractivity contribution in [1.82, 2.24) is 5.32 Å². The Hall–Kier alpha value is -1.31.